The van der Waals surface area contributed by atoms with E-state index in [0.29, 0.717) is 76.2 Å². The van der Waals surface area contributed by atoms with Gasteiger partial charge >= 0.3 is 0 Å². The summed E-state index contributed by atoms with van der Waals surface area (Å²) in [5.74, 6) is 0.343. The number of carbonyl (C=O) groups is 2. The number of amides is 2. The van der Waals surface area contributed by atoms with Crippen molar-refractivity contribution in [1.29, 1.82) is 0 Å². The van der Waals surface area contributed by atoms with E-state index in [4.69, 9.17) is 14.2 Å². The minimum absolute atomic E-state index is 0.0433. The SMILES string of the molecule is C=NCCOCCOCCOCCNc1ccc(C(=O)Nc2ccc3c(c2)CC(=O)N3)cn1. The Hall–Kier alpha value is -3.34. The first-order chi connectivity index (χ1) is 16.2. The predicted molar refractivity (Wildman–Crippen MR) is 126 cm³/mol. The molecule has 0 atom stereocenters. The van der Waals surface area contributed by atoms with E-state index in [9.17, 15) is 9.59 Å². The van der Waals surface area contributed by atoms with Gasteiger partial charge in [0.2, 0.25) is 5.91 Å². The summed E-state index contributed by atoms with van der Waals surface area (Å²) >= 11 is 0. The van der Waals surface area contributed by atoms with Crippen molar-refractivity contribution in [3.05, 3.63) is 47.7 Å². The molecular formula is C23H29N5O5. The molecule has 0 unspecified atom stereocenters. The van der Waals surface area contributed by atoms with Crippen LogP contribution in [0.1, 0.15) is 15.9 Å². The Morgan fingerprint density at radius 3 is 2.55 bits per heavy atom. The topological polar surface area (TPSA) is 123 Å². The largest absolute Gasteiger partial charge is 0.377 e. The van der Waals surface area contributed by atoms with Gasteiger partial charge in [-0.05, 0) is 42.6 Å². The van der Waals surface area contributed by atoms with Crippen LogP contribution in [0.5, 0.6) is 0 Å². The molecule has 0 saturated heterocycles. The van der Waals surface area contributed by atoms with Gasteiger partial charge in [0.05, 0.1) is 58.2 Å². The summed E-state index contributed by atoms with van der Waals surface area (Å²) in [4.78, 5) is 31.9. The lowest BCUT2D eigenvalue weighted by Gasteiger charge is -2.09. The molecule has 0 radical (unpaired) electrons. The monoisotopic (exact) mass is 455 g/mol. The lowest BCUT2D eigenvalue weighted by molar-refractivity contribution is -0.115. The maximum Gasteiger partial charge on any atom is 0.257 e. The van der Waals surface area contributed by atoms with Crippen LogP contribution in [0.2, 0.25) is 0 Å². The Kier molecular flexibility index (Phi) is 9.77. The summed E-state index contributed by atoms with van der Waals surface area (Å²) < 4.78 is 16.2. The standard InChI is InChI=1S/C23H29N5O5/c1-24-6-8-31-10-12-33-13-11-32-9-7-25-21-5-2-17(16-26-21)23(30)27-19-3-4-20-18(14-19)15-22(29)28-20/h2-5,14,16H,1,6-13,15H2,(H,25,26)(H,27,30)(H,28,29). The van der Waals surface area contributed by atoms with Gasteiger partial charge in [-0.25, -0.2) is 4.98 Å². The van der Waals surface area contributed by atoms with Crippen molar-refractivity contribution in [2.24, 2.45) is 4.99 Å². The summed E-state index contributed by atoms with van der Waals surface area (Å²) in [6, 6.07) is 8.78. The minimum atomic E-state index is -0.266. The lowest BCUT2D eigenvalue weighted by Crippen LogP contribution is -2.15. The second-order valence-corrected chi connectivity index (χ2v) is 7.19. The molecule has 1 aliphatic heterocycles. The molecule has 176 valence electrons. The molecule has 33 heavy (non-hydrogen) atoms. The Morgan fingerprint density at radius 2 is 1.82 bits per heavy atom. The number of hydrogen-bond donors (Lipinski definition) is 3. The number of aliphatic imine (C=N–C) groups is 1. The van der Waals surface area contributed by atoms with Gasteiger partial charge in [-0.1, -0.05) is 0 Å². The third-order valence-corrected chi connectivity index (χ3v) is 4.70. The first kappa shape index (κ1) is 24.3. The predicted octanol–water partition coefficient (Wildman–Crippen LogP) is 1.99. The van der Waals surface area contributed by atoms with Gasteiger partial charge < -0.3 is 30.2 Å². The molecule has 1 aliphatic rings. The Bertz CT molecular complexity index is 935. The molecule has 2 amide bonds. The van der Waals surface area contributed by atoms with E-state index in [2.05, 4.69) is 32.6 Å². The van der Waals surface area contributed by atoms with Crippen LogP contribution in [0.25, 0.3) is 0 Å². The average Bonchev–Trinajstić information content (AvgIpc) is 3.19. The fourth-order valence-electron chi connectivity index (χ4n) is 3.07. The quantitative estimate of drug-likeness (QED) is 0.277. The number of anilines is 3. The van der Waals surface area contributed by atoms with Crippen LogP contribution >= 0.6 is 0 Å². The van der Waals surface area contributed by atoms with Crippen molar-refractivity contribution >= 4 is 35.7 Å². The molecule has 2 aromatic rings. The maximum atomic E-state index is 12.5. The fourth-order valence-corrected chi connectivity index (χ4v) is 3.07. The second kappa shape index (κ2) is 13.3. The summed E-state index contributed by atoms with van der Waals surface area (Å²) in [7, 11) is 0. The van der Waals surface area contributed by atoms with Crippen LogP contribution in [0.4, 0.5) is 17.2 Å². The first-order valence-electron chi connectivity index (χ1n) is 10.8. The van der Waals surface area contributed by atoms with Crippen molar-refractivity contribution in [3.63, 3.8) is 0 Å². The Labute approximate surface area is 192 Å². The van der Waals surface area contributed by atoms with Crippen molar-refractivity contribution in [2.45, 2.75) is 6.42 Å². The highest BCUT2D eigenvalue weighted by Gasteiger charge is 2.18. The van der Waals surface area contributed by atoms with Gasteiger partial charge in [0.1, 0.15) is 5.82 Å². The number of hydrogen-bond acceptors (Lipinski definition) is 8. The zero-order chi connectivity index (χ0) is 23.3. The normalized spacial score (nSPS) is 12.2. The van der Waals surface area contributed by atoms with Gasteiger partial charge in [-0.3, -0.25) is 14.6 Å². The molecule has 0 spiro atoms. The van der Waals surface area contributed by atoms with Crippen LogP contribution in [-0.4, -0.2) is 76.2 Å². The lowest BCUT2D eigenvalue weighted by atomic mass is 10.1. The minimum Gasteiger partial charge on any atom is -0.377 e. The van der Waals surface area contributed by atoms with E-state index < -0.39 is 0 Å². The van der Waals surface area contributed by atoms with E-state index in [1.165, 1.54) is 6.20 Å². The molecule has 0 bridgehead atoms. The third kappa shape index (κ3) is 8.26. The smallest absolute Gasteiger partial charge is 0.257 e. The number of ether oxygens (including phenoxy) is 3. The van der Waals surface area contributed by atoms with Crippen LogP contribution in [0.15, 0.2) is 41.5 Å². The van der Waals surface area contributed by atoms with Gasteiger partial charge in [-0.15, -0.1) is 0 Å². The number of aromatic nitrogens is 1. The second-order valence-electron chi connectivity index (χ2n) is 7.19. The number of benzene rings is 1. The average molecular weight is 456 g/mol. The first-order valence-corrected chi connectivity index (χ1v) is 10.8. The van der Waals surface area contributed by atoms with E-state index in [1.54, 1.807) is 30.3 Å². The number of nitrogens with zero attached hydrogens (tertiary/aromatic N) is 2. The van der Waals surface area contributed by atoms with E-state index in [-0.39, 0.29) is 11.8 Å². The maximum absolute atomic E-state index is 12.5. The van der Waals surface area contributed by atoms with Gasteiger partial charge in [0.15, 0.2) is 0 Å². The number of carbonyl (C=O) groups excluding carboxylic acids is 2. The molecule has 2 heterocycles. The Morgan fingerprint density at radius 1 is 1.06 bits per heavy atom. The Balaban J connectivity index is 1.28. The van der Waals surface area contributed by atoms with Gasteiger partial charge in [0, 0.05) is 24.1 Å². The molecule has 3 N–H and O–H groups in total. The van der Waals surface area contributed by atoms with Crippen LogP contribution in [-0.2, 0) is 25.4 Å². The van der Waals surface area contributed by atoms with Crippen LogP contribution in [0, 0.1) is 0 Å². The molecule has 0 fully saturated rings. The molecule has 1 aromatic heterocycles. The van der Waals surface area contributed by atoms with E-state index in [1.807, 2.05) is 0 Å². The number of pyridine rings is 1. The molecule has 3 rings (SSSR count). The zero-order valence-electron chi connectivity index (χ0n) is 18.5. The summed E-state index contributed by atoms with van der Waals surface area (Å²) in [6.45, 7) is 7.67. The molecule has 0 aliphatic carbocycles. The third-order valence-electron chi connectivity index (χ3n) is 4.70. The number of rotatable bonds is 15. The number of nitrogens with one attached hydrogen (secondary N) is 3. The van der Waals surface area contributed by atoms with Gasteiger partial charge in [-0.2, -0.15) is 0 Å². The summed E-state index contributed by atoms with van der Waals surface area (Å²) in [5.41, 5.74) is 2.73. The van der Waals surface area contributed by atoms with E-state index >= 15 is 0 Å². The van der Waals surface area contributed by atoms with Crippen LogP contribution in [0.3, 0.4) is 0 Å². The summed E-state index contributed by atoms with van der Waals surface area (Å²) in [5, 5.41) is 8.74. The van der Waals surface area contributed by atoms with Crippen molar-refractivity contribution in [1.82, 2.24) is 4.98 Å². The molecular weight excluding hydrogens is 426 g/mol. The summed E-state index contributed by atoms with van der Waals surface area (Å²) in [6.07, 6.45) is 1.83. The van der Waals surface area contributed by atoms with E-state index in [0.717, 1.165) is 11.3 Å². The highest BCUT2D eigenvalue weighted by atomic mass is 16.5. The van der Waals surface area contributed by atoms with Crippen molar-refractivity contribution in [3.8, 4) is 0 Å². The zero-order valence-corrected chi connectivity index (χ0v) is 18.5. The fraction of sp³-hybridized carbons (Fsp3) is 0.391. The van der Waals surface area contributed by atoms with Crippen molar-refractivity contribution < 1.29 is 23.8 Å². The highest BCUT2D eigenvalue weighted by Crippen LogP contribution is 2.26. The van der Waals surface area contributed by atoms with Gasteiger partial charge in [0.25, 0.3) is 5.91 Å². The van der Waals surface area contributed by atoms with Crippen LogP contribution < -0.4 is 16.0 Å². The molecule has 1 aromatic carbocycles. The molecule has 0 saturated carbocycles. The molecule has 10 heteroatoms. The highest BCUT2D eigenvalue weighted by molar-refractivity contribution is 6.05. The number of fused-ring (bicyclic) bond motifs is 1. The van der Waals surface area contributed by atoms with Crippen molar-refractivity contribution in [2.75, 3.05) is 68.7 Å². The molecule has 10 nitrogen and oxygen atoms in total.